The van der Waals surface area contributed by atoms with Crippen LogP contribution in [0.15, 0.2) is 29.3 Å². The lowest BCUT2D eigenvalue weighted by Gasteiger charge is -2.14. The molecule has 120 valence electrons. The number of nitrogens with zero attached hydrogens (tertiary/aromatic N) is 1. The summed E-state index contributed by atoms with van der Waals surface area (Å²) in [5.41, 5.74) is 2.73. The zero-order valence-corrected chi connectivity index (χ0v) is 13.9. The fourth-order valence-electron chi connectivity index (χ4n) is 3.08. The Kier molecular flexibility index (Phi) is 7.35. The summed E-state index contributed by atoms with van der Waals surface area (Å²) in [6.07, 6.45) is 13.5. The second-order valence-corrected chi connectivity index (χ2v) is 6.37. The molecule has 0 aliphatic carbocycles. The smallest absolute Gasteiger partial charge is 0.170 e. The van der Waals surface area contributed by atoms with Gasteiger partial charge in [-0.15, -0.1) is 0 Å². The monoisotopic (exact) mass is 299 g/mol. The van der Waals surface area contributed by atoms with E-state index in [9.17, 15) is 4.79 Å². The lowest BCUT2D eigenvalue weighted by atomic mass is 9.97. The van der Waals surface area contributed by atoms with Crippen molar-refractivity contribution in [2.45, 2.75) is 77.6 Å². The second kappa shape index (κ2) is 9.55. The van der Waals surface area contributed by atoms with E-state index in [1.165, 1.54) is 57.8 Å². The molecule has 0 N–H and O–H groups in total. The molecule has 0 saturated heterocycles. The maximum absolute atomic E-state index is 12.1. The number of rotatable bonds is 10. The molecule has 0 aromatic heterocycles. The summed E-state index contributed by atoms with van der Waals surface area (Å²) in [6, 6.07) is 7.70. The predicted molar refractivity (Wildman–Crippen MR) is 94.3 cm³/mol. The lowest BCUT2D eigenvalue weighted by molar-refractivity contribution is 0.0999. The molecule has 0 bridgehead atoms. The Bertz CT molecular complexity index is 504. The average Bonchev–Trinajstić information content (AvgIpc) is 2.53. The molecule has 0 radical (unpaired) electrons. The highest BCUT2D eigenvalue weighted by atomic mass is 16.1. The quantitative estimate of drug-likeness (QED) is 0.468. The van der Waals surface area contributed by atoms with Crippen LogP contribution in [0.2, 0.25) is 0 Å². The number of ketones is 1. The number of carbonyl (C=O) groups excluding carboxylic acids is 1. The van der Waals surface area contributed by atoms with Crippen LogP contribution in [-0.4, -0.2) is 11.5 Å². The van der Waals surface area contributed by atoms with Crippen molar-refractivity contribution in [1.82, 2.24) is 0 Å². The van der Waals surface area contributed by atoms with Gasteiger partial charge in [-0.25, -0.2) is 0 Å². The molecular formula is C20H29NO. The summed E-state index contributed by atoms with van der Waals surface area (Å²) in [4.78, 5) is 16.7. The Balaban J connectivity index is 1.62. The van der Waals surface area contributed by atoms with Gasteiger partial charge in [0, 0.05) is 17.7 Å². The van der Waals surface area contributed by atoms with Crippen LogP contribution in [0.5, 0.6) is 0 Å². The van der Waals surface area contributed by atoms with Crippen LogP contribution >= 0.6 is 0 Å². The number of unbranched alkanes of at least 4 members (excludes halogenated alkanes) is 8. The second-order valence-electron chi connectivity index (χ2n) is 6.37. The van der Waals surface area contributed by atoms with Crippen LogP contribution in [0.3, 0.4) is 0 Å². The van der Waals surface area contributed by atoms with E-state index in [1.807, 2.05) is 24.3 Å². The van der Waals surface area contributed by atoms with Crippen LogP contribution < -0.4 is 0 Å². The zero-order chi connectivity index (χ0) is 15.6. The topological polar surface area (TPSA) is 29.4 Å². The van der Waals surface area contributed by atoms with E-state index in [2.05, 4.69) is 11.9 Å². The molecule has 1 aliphatic rings. The number of aliphatic imine (C=N–C) groups is 1. The van der Waals surface area contributed by atoms with Gasteiger partial charge in [-0.1, -0.05) is 70.4 Å². The van der Waals surface area contributed by atoms with E-state index in [1.54, 1.807) is 0 Å². The summed E-state index contributed by atoms with van der Waals surface area (Å²) in [7, 11) is 0. The van der Waals surface area contributed by atoms with Crippen molar-refractivity contribution in [3.8, 4) is 0 Å². The Hall–Kier alpha value is -1.44. The van der Waals surface area contributed by atoms with Gasteiger partial charge in [0.15, 0.2) is 5.78 Å². The Labute approximate surface area is 135 Å². The minimum absolute atomic E-state index is 0.233. The van der Waals surface area contributed by atoms with E-state index in [4.69, 9.17) is 0 Å². The molecule has 1 aliphatic heterocycles. The molecule has 22 heavy (non-hydrogen) atoms. The zero-order valence-electron chi connectivity index (χ0n) is 13.9. The van der Waals surface area contributed by atoms with Crippen molar-refractivity contribution >= 4 is 17.2 Å². The third-order valence-electron chi connectivity index (χ3n) is 4.42. The number of fused-ring (bicyclic) bond motifs is 1. The third kappa shape index (κ3) is 5.40. The van der Waals surface area contributed by atoms with Crippen LogP contribution in [0.4, 0.5) is 5.69 Å². The Morgan fingerprint density at radius 3 is 2.27 bits per heavy atom. The number of hydrogen-bond acceptors (Lipinski definition) is 2. The highest BCUT2D eigenvalue weighted by Crippen LogP contribution is 2.26. The number of hydrogen-bond donors (Lipinski definition) is 0. The summed E-state index contributed by atoms with van der Waals surface area (Å²) >= 11 is 0. The number of para-hydroxylation sites is 1. The molecule has 0 unspecified atom stereocenters. The average molecular weight is 299 g/mol. The summed E-state index contributed by atoms with van der Waals surface area (Å²) in [5.74, 6) is 0.233. The van der Waals surface area contributed by atoms with Crippen LogP contribution in [-0.2, 0) is 0 Å². The van der Waals surface area contributed by atoms with Crippen LogP contribution in [0.25, 0.3) is 0 Å². The van der Waals surface area contributed by atoms with Crippen molar-refractivity contribution in [3.63, 3.8) is 0 Å². The molecule has 2 rings (SSSR count). The van der Waals surface area contributed by atoms with E-state index in [0.29, 0.717) is 6.42 Å². The van der Waals surface area contributed by atoms with Crippen molar-refractivity contribution in [2.75, 3.05) is 0 Å². The molecule has 0 spiro atoms. The van der Waals surface area contributed by atoms with E-state index >= 15 is 0 Å². The minimum Gasteiger partial charge on any atom is -0.294 e. The molecular weight excluding hydrogens is 270 g/mol. The van der Waals surface area contributed by atoms with Gasteiger partial charge in [-0.05, 0) is 25.0 Å². The van der Waals surface area contributed by atoms with Gasteiger partial charge in [-0.2, -0.15) is 0 Å². The van der Waals surface area contributed by atoms with Gasteiger partial charge in [0.05, 0.1) is 5.69 Å². The van der Waals surface area contributed by atoms with Crippen LogP contribution in [0, 0.1) is 0 Å². The maximum atomic E-state index is 12.1. The minimum atomic E-state index is 0.233. The number of carbonyl (C=O) groups is 1. The van der Waals surface area contributed by atoms with Crippen molar-refractivity contribution in [1.29, 1.82) is 0 Å². The standard InChI is InChI=1S/C20H29NO/c1-2-3-4-5-6-7-8-9-10-13-17-16-20(22)18-14-11-12-15-19(18)21-17/h11-12,14-15H,2-10,13,16H2,1H3. The first kappa shape index (κ1) is 16.9. The van der Waals surface area contributed by atoms with Crippen molar-refractivity contribution in [3.05, 3.63) is 29.8 Å². The molecule has 1 aromatic rings. The Morgan fingerprint density at radius 1 is 0.909 bits per heavy atom. The van der Waals surface area contributed by atoms with Crippen molar-refractivity contribution in [2.24, 2.45) is 4.99 Å². The molecule has 0 amide bonds. The maximum Gasteiger partial charge on any atom is 0.170 e. The van der Waals surface area contributed by atoms with Gasteiger partial charge in [0.25, 0.3) is 0 Å². The van der Waals surface area contributed by atoms with Crippen LogP contribution in [0.1, 0.15) is 87.9 Å². The Morgan fingerprint density at radius 2 is 1.55 bits per heavy atom. The predicted octanol–water partition coefficient (Wildman–Crippen LogP) is 6.27. The first-order chi connectivity index (χ1) is 10.8. The molecule has 2 nitrogen and oxygen atoms in total. The number of benzene rings is 1. The third-order valence-corrected chi connectivity index (χ3v) is 4.42. The van der Waals surface area contributed by atoms with Crippen molar-refractivity contribution < 1.29 is 4.79 Å². The summed E-state index contributed by atoms with van der Waals surface area (Å²) in [6.45, 7) is 2.26. The van der Waals surface area contributed by atoms with Gasteiger partial charge >= 0.3 is 0 Å². The highest BCUT2D eigenvalue weighted by molar-refractivity contribution is 6.15. The highest BCUT2D eigenvalue weighted by Gasteiger charge is 2.18. The fraction of sp³-hybridized carbons (Fsp3) is 0.600. The van der Waals surface area contributed by atoms with Gasteiger partial charge in [0.2, 0.25) is 0 Å². The van der Waals surface area contributed by atoms with E-state index in [-0.39, 0.29) is 5.78 Å². The molecule has 0 saturated carbocycles. The first-order valence-electron chi connectivity index (χ1n) is 9.00. The van der Waals surface area contributed by atoms with Gasteiger partial charge < -0.3 is 0 Å². The molecule has 1 heterocycles. The number of Topliss-reactive ketones (excluding diaryl/α,β-unsaturated/α-hetero) is 1. The van der Waals surface area contributed by atoms with E-state index in [0.717, 1.165) is 23.4 Å². The molecule has 0 atom stereocenters. The fourth-order valence-corrected chi connectivity index (χ4v) is 3.08. The largest absolute Gasteiger partial charge is 0.294 e. The van der Waals surface area contributed by atoms with Gasteiger partial charge in [-0.3, -0.25) is 9.79 Å². The SMILES string of the molecule is CCCCCCCCCCCC1=Nc2ccccc2C(=O)C1. The summed E-state index contributed by atoms with van der Waals surface area (Å²) < 4.78 is 0. The van der Waals surface area contributed by atoms with E-state index < -0.39 is 0 Å². The molecule has 0 fully saturated rings. The normalized spacial score (nSPS) is 13.9. The summed E-state index contributed by atoms with van der Waals surface area (Å²) in [5, 5.41) is 0. The molecule has 2 heteroatoms. The first-order valence-corrected chi connectivity index (χ1v) is 9.00. The van der Waals surface area contributed by atoms with Gasteiger partial charge in [0.1, 0.15) is 0 Å². The molecule has 1 aromatic carbocycles. The lowest BCUT2D eigenvalue weighted by Crippen LogP contribution is -2.13.